The van der Waals surface area contributed by atoms with Gasteiger partial charge in [-0.15, -0.1) is 0 Å². The van der Waals surface area contributed by atoms with Crippen LogP contribution in [0.1, 0.15) is 0 Å². The van der Waals surface area contributed by atoms with Crippen molar-refractivity contribution in [2.24, 2.45) is 0 Å². The highest BCUT2D eigenvalue weighted by Gasteiger charge is 2.18. The fraction of sp³-hybridized carbons (Fsp3) is 0. The molecule has 0 nitrogen and oxygen atoms in total. The molecule has 164 valence electrons. The van der Waals surface area contributed by atoms with Crippen molar-refractivity contribution in [3.8, 4) is 0 Å². The van der Waals surface area contributed by atoms with Gasteiger partial charge in [0.05, 0.1) is 0 Å². The van der Waals surface area contributed by atoms with Gasteiger partial charge in [-0.05, 0) is 123 Å². The maximum Gasteiger partial charge on any atom is -0.000763 e. The van der Waals surface area contributed by atoms with Gasteiger partial charge in [-0.3, -0.25) is 0 Å². The largest absolute Gasteiger partial charge is 0.0616 e. The van der Waals surface area contributed by atoms with Crippen molar-refractivity contribution in [2.45, 2.75) is 0 Å². The first-order valence-corrected chi connectivity index (χ1v) is 12.6. The van der Waals surface area contributed by atoms with Crippen molar-refractivity contribution in [3.05, 3.63) is 121 Å². The Labute approximate surface area is 207 Å². The molecule has 36 heavy (non-hydrogen) atoms. The van der Waals surface area contributed by atoms with Gasteiger partial charge in [0.1, 0.15) is 0 Å². The molecule has 0 saturated heterocycles. The molecule has 0 bridgehead atoms. The van der Waals surface area contributed by atoms with Crippen LogP contribution in [0.5, 0.6) is 0 Å². The van der Waals surface area contributed by atoms with Gasteiger partial charge in [0, 0.05) is 0 Å². The third-order valence-corrected chi connectivity index (χ3v) is 8.23. The van der Waals surface area contributed by atoms with E-state index in [-0.39, 0.29) is 0 Å². The Kier molecular flexibility index (Phi) is 3.36. The zero-order valence-corrected chi connectivity index (χ0v) is 19.5. The molecule has 0 heterocycles. The molecule has 0 saturated carbocycles. The van der Waals surface area contributed by atoms with Crippen LogP contribution >= 0.6 is 0 Å². The van der Waals surface area contributed by atoms with Crippen LogP contribution in [-0.4, -0.2) is 0 Å². The molecule has 0 N–H and O–H groups in total. The molecule has 0 heteroatoms. The maximum atomic E-state index is 2.41. The number of rotatable bonds is 0. The summed E-state index contributed by atoms with van der Waals surface area (Å²) in [4.78, 5) is 0. The monoisotopic (exact) mass is 452 g/mol. The average molecular weight is 453 g/mol. The van der Waals surface area contributed by atoms with Crippen molar-refractivity contribution in [1.29, 1.82) is 0 Å². The molecular formula is C36H20. The van der Waals surface area contributed by atoms with Crippen LogP contribution in [0.3, 0.4) is 0 Å². The Hall–Kier alpha value is -4.68. The second-order valence-electron chi connectivity index (χ2n) is 10.2. The third-order valence-electron chi connectivity index (χ3n) is 8.23. The summed E-state index contributed by atoms with van der Waals surface area (Å²) in [5, 5.41) is 21.3. The highest BCUT2D eigenvalue weighted by Crippen LogP contribution is 2.47. The lowest BCUT2D eigenvalue weighted by molar-refractivity contribution is 1.79. The van der Waals surface area contributed by atoms with Crippen LogP contribution in [0.15, 0.2) is 121 Å². The van der Waals surface area contributed by atoms with Crippen LogP contribution < -0.4 is 0 Å². The molecule has 0 aliphatic carbocycles. The first-order chi connectivity index (χ1) is 17.8. The van der Waals surface area contributed by atoms with Gasteiger partial charge < -0.3 is 0 Å². The Balaban J connectivity index is 1.69. The summed E-state index contributed by atoms with van der Waals surface area (Å²) in [5.41, 5.74) is 0. The topological polar surface area (TPSA) is 0 Å². The Morgan fingerprint density at radius 1 is 0.222 bits per heavy atom. The van der Waals surface area contributed by atoms with Crippen LogP contribution in [0, 0.1) is 0 Å². The normalized spacial score (nSPS) is 12.4. The highest BCUT2D eigenvalue weighted by molar-refractivity contribution is 6.42. The van der Waals surface area contributed by atoms with Crippen molar-refractivity contribution in [1.82, 2.24) is 0 Å². The predicted octanol–water partition coefficient (Wildman–Crippen LogP) is 10.3. The van der Waals surface area contributed by atoms with Crippen LogP contribution in [0.25, 0.3) is 86.2 Å². The van der Waals surface area contributed by atoms with Crippen LogP contribution in [0.4, 0.5) is 0 Å². The lowest BCUT2D eigenvalue weighted by Crippen LogP contribution is -1.90. The number of hydrogen-bond donors (Lipinski definition) is 0. The summed E-state index contributed by atoms with van der Waals surface area (Å²) in [6.07, 6.45) is 0. The van der Waals surface area contributed by atoms with E-state index in [2.05, 4.69) is 121 Å². The highest BCUT2D eigenvalue weighted by atomic mass is 14.2. The molecule has 0 amide bonds. The van der Waals surface area contributed by atoms with Gasteiger partial charge in [0.25, 0.3) is 0 Å². The van der Waals surface area contributed by atoms with E-state index >= 15 is 0 Å². The van der Waals surface area contributed by atoms with Gasteiger partial charge in [0.15, 0.2) is 0 Å². The first kappa shape index (κ1) is 18.6. The van der Waals surface area contributed by atoms with Gasteiger partial charge >= 0.3 is 0 Å². The number of benzene rings is 9. The fourth-order valence-corrected chi connectivity index (χ4v) is 6.70. The van der Waals surface area contributed by atoms with E-state index in [1.807, 2.05) is 0 Å². The van der Waals surface area contributed by atoms with Gasteiger partial charge in [-0.1, -0.05) is 84.9 Å². The zero-order valence-electron chi connectivity index (χ0n) is 19.5. The van der Waals surface area contributed by atoms with E-state index in [0.29, 0.717) is 0 Å². The van der Waals surface area contributed by atoms with E-state index in [1.54, 1.807) is 0 Å². The lowest BCUT2D eigenvalue weighted by Gasteiger charge is -2.19. The van der Waals surface area contributed by atoms with Crippen molar-refractivity contribution >= 4 is 86.2 Å². The standard InChI is InChI=1S/C36H20/c1-3-9-23-19-31-27(15-21(23)7-1)17-25-11-5-13-29-30-14-6-12-26-18-28-16-22-8-2-4-10-24(22)20-32(28)36(34(26)30)35(31)33(25)29/h1-20H. The van der Waals surface area contributed by atoms with Crippen molar-refractivity contribution in [2.75, 3.05) is 0 Å². The molecule has 0 aliphatic heterocycles. The van der Waals surface area contributed by atoms with E-state index in [4.69, 9.17) is 0 Å². The summed E-state index contributed by atoms with van der Waals surface area (Å²) in [6, 6.07) is 45.4. The number of fused-ring (bicyclic) bond motifs is 8. The molecule has 0 atom stereocenters. The summed E-state index contributed by atoms with van der Waals surface area (Å²) < 4.78 is 0. The minimum atomic E-state index is 1.29. The summed E-state index contributed by atoms with van der Waals surface area (Å²) in [7, 11) is 0. The molecule has 0 unspecified atom stereocenters. The second-order valence-corrected chi connectivity index (χ2v) is 10.2. The second kappa shape index (κ2) is 6.50. The average Bonchev–Trinajstić information content (AvgIpc) is 2.92. The zero-order chi connectivity index (χ0) is 23.4. The SMILES string of the molecule is c1ccc2cc3c(cc2c1)cc1cccc2c4cccc5cc6cc7ccccc7cc6c(c54)c3c12. The Morgan fingerprint density at radius 3 is 1.03 bits per heavy atom. The molecular weight excluding hydrogens is 432 g/mol. The predicted molar refractivity (Wildman–Crippen MR) is 158 cm³/mol. The summed E-state index contributed by atoms with van der Waals surface area (Å²) >= 11 is 0. The van der Waals surface area contributed by atoms with Gasteiger partial charge in [0.2, 0.25) is 0 Å². The summed E-state index contributed by atoms with van der Waals surface area (Å²) in [5.74, 6) is 0. The van der Waals surface area contributed by atoms with Gasteiger partial charge in [-0.25, -0.2) is 0 Å². The molecule has 0 fully saturated rings. The smallest absolute Gasteiger partial charge is 0.000763 e. The number of hydrogen-bond acceptors (Lipinski definition) is 0. The lowest BCUT2D eigenvalue weighted by atomic mass is 9.84. The van der Waals surface area contributed by atoms with E-state index in [0.717, 1.165) is 0 Å². The van der Waals surface area contributed by atoms with Crippen molar-refractivity contribution < 1.29 is 0 Å². The van der Waals surface area contributed by atoms with Crippen LogP contribution in [-0.2, 0) is 0 Å². The minimum absolute atomic E-state index is 1.29. The van der Waals surface area contributed by atoms with Gasteiger partial charge in [-0.2, -0.15) is 0 Å². The van der Waals surface area contributed by atoms with Crippen LogP contribution in [0.2, 0.25) is 0 Å². The van der Waals surface area contributed by atoms with E-state index < -0.39 is 0 Å². The third kappa shape index (κ3) is 2.29. The first-order valence-electron chi connectivity index (χ1n) is 12.6. The molecule has 9 aromatic rings. The molecule has 0 radical (unpaired) electrons. The summed E-state index contributed by atoms with van der Waals surface area (Å²) in [6.45, 7) is 0. The molecule has 0 aromatic heterocycles. The fourth-order valence-electron chi connectivity index (χ4n) is 6.70. The van der Waals surface area contributed by atoms with E-state index in [1.165, 1.54) is 86.2 Å². The minimum Gasteiger partial charge on any atom is -0.0616 e. The van der Waals surface area contributed by atoms with E-state index in [9.17, 15) is 0 Å². The molecule has 0 spiro atoms. The Morgan fingerprint density at radius 2 is 0.583 bits per heavy atom. The molecule has 9 aromatic carbocycles. The molecule has 0 aliphatic rings. The van der Waals surface area contributed by atoms with Crippen molar-refractivity contribution in [3.63, 3.8) is 0 Å². The quantitative estimate of drug-likeness (QED) is 0.159. The Bertz CT molecular complexity index is 2190. The molecule has 9 rings (SSSR count). The maximum absolute atomic E-state index is 2.41.